The molecule has 0 spiro atoms. The van der Waals surface area contributed by atoms with Crippen molar-refractivity contribution in [1.82, 2.24) is 19.6 Å². The summed E-state index contributed by atoms with van der Waals surface area (Å²) in [5.74, 6) is 0.727. The number of hydrogen-bond donors (Lipinski definition) is 0. The first-order valence-corrected chi connectivity index (χ1v) is 13.4. The van der Waals surface area contributed by atoms with Crippen LogP contribution >= 0.6 is 0 Å². The molecule has 0 radical (unpaired) electrons. The number of likely N-dealkylation sites (N-methyl/N-ethyl adjacent to an activating group) is 1. The quantitative estimate of drug-likeness (QED) is 0.351. The summed E-state index contributed by atoms with van der Waals surface area (Å²) < 4.78 is 10.5. The number of rotatable bonds is 10. The number of cyclic esters (lactones) is 1. The van der Waals surface area contributed by atoms with Gasteiger partial charge in [-0.15, -0.1) is 0 Å². The molecule has 2 atom stereocenters. The van der Waals surface area contributed by atoms with E-state index in [2.05, 4.69) is 35.5 Å². The zero-order valence-corrected chi connectivity index (χ0v) is 22.3. The lowest BCUT2D eigenvalue weighted by molar-refractivity contribution is -0.140. The SMILES string of the molecule is COC(=O)CCCN1CCN(C2CN(C)C(=O)O2)C(CCCCC2CCN(C(C)(C)C)CC2)C1. The fourth-order valence-electron chi connectivity index (χ4n) is 5.75. The number of methoxy groups -OCH3 is 1. The van der Waals surface area contributed by atoms with Crippen molar-refractivity contribution >= 4 is 12.1 Å². The molecule has 0 aromatic carbocycles. The van der Waals surface area contributed by atoms with Crippen molar-refractivity contribution in [2.24, 2.45) is 5.92 Å². The molecular formula is C26H48N4O4. The summed E-state index contributed by atoms with van der Waals surface area (Å²) in [4.78, 5) is 32.6. The summed E-state index contributed by atoms with van der Waals surface area (Å²) >= 11 is 0. The van der Waals surface area contributed by atoms with Crippen molar-refractivity contribution in [3.8, 4) is 0 Å². The van der Waals surface area contributed by atoms with Gasteiger partial charge in [0.25, 0.3) is 0 Å². The van der Waals surface area contributed by atoms with Gasteiger partial charge < -0.3 is 19.3 Å². The van der Waals surface area contributed by atoms with Crippen molar-refractivity contribution in [1.29, 1.82) is 0 Å². The second-order valence-corrected chi connectivity index (χ2v) is 11.5. The molecule has 3 aliphatic rings. The zero-order valence-electron chi connectivity index (χ0n) is 22.3. The van der Waals surface area contributed by atoms with E-state index in [4.69, 9.17) is 9.47 Å². The van der Waals surface area contributed by atoms with Crippen molar-refractivity contribution < 1.29 is 19.1 Å². The van der Waals surface area contributed by atoms with Crippen LogP contribution in [0.1, 0.15) is 72.1 Å². The number of ether oxygens (including phenoxy) is 2. The van der Waals surface area contributed by atoms with Gasteiger partial charge in [0.1, 0.15) is 0 Å². The number of amides is 1. The highest BCUT2D eigenvalue weighted by Crippen LogP contribution is 2.28. The minimum absolute atomic E-state index is 0.135. The Morgan fingerprint density at radius 2 is 1.74 bits per heavy atom. The number of likely N-dealkylation sites (tertiary alicyclic amines) is 1. The maximum absolute atomic E-state index is 12.0. The normalized spacial score (nSPS) is 26.1. The van der Waals surface area contributed by atoms with Crippen LogP contribution in [0.3, 0.4) is 0 Å². The highest BCUT2D eigenvalue weighted by molar-refractivity contribution is 5.69. The first-order valence-electron chi connectivity index (χ1n) is 13.4. The molecule has 3 aliphatic heterocycles. The van der Waals surface area contributed by atoms with E-state index in [1.165, 1.54) is 52.3 Å². The summed E-state index contributed by atoms with van der Waals surface area (Å²) in [5.41, 5.74) is 0.288. The lowest BCUT2D eigenvalue weighted by Gasteiger charge is -2.43. The molecule has 0 saturated carbocycles. The van der Waals surface area contributed by atoms with Crippen molar-refractivity contribution in [2.45, 2.75) is 89.9 Å². The summed E-state index contributed by atoms with van der Waals surface area (Å²) in [5, 5.41) is 0. The van der Waals surface area contributed by atoms with E-state index < -0.39 is 0 Å². The number of nitrogens with zero attached hydrogens (tertiary/aromatic N) is 4. The molecule has 8 nitrogen and oxygen atoms in total. The van der Waals surface area contributed by atoms with Crippen LogP contribution in [0.2, 0.25) is 0 Å². The summed E-state index contributed by atoms with van der Waals surface area (Å²) in [6.45, 7) is 13.8. The first kappa shape index (κ1) is 27.2. The Kier molecular flexibility index (Phi) is 10.0. The Morgan fingerprint density at radius 3 is 2.35 bits per heavy atom. The number of esters is 1. The number of hydrogen-bond acceptors (Lipinski definition) is 7. The van der Waals surface area contributed by atoms with E-state index in [1.54, 1.807) is 4.90 Å². The largest absolute Gasteiger partial charge is 0.469 e. The van der Waals surface area contributed by atoms with Crippen molar-refractivity contribution in [2.75, 3.05) is 60.0 Å². The predicted molar refractivity (Wildman–Crippen MR) is 134 cm³/mol. The van der Waals surface area contributed by atoms with Gasteiger partial charge in [-0.2, -0.15) is 0 Å². The minimum Gasteiger partial charge on any atom is -0.469 e. The third kappa shape index (κ3) is 7.82. The minimum atomic E-state index is -0.217. The van der Waals surface area contributed by atoms with Crippen LogP contribution in [0.4, 0.5) is 4.79 Å². The standard InChI is InChI=1S/C26H48N4O4/c1-26(2,3)29-15-12-21(13-16-29)9-6-7-10-22-19-28(14-8-11-24(31)33-5)17-18-30(22)23-20-27(4)25(32)34-23/h21-23H,6-20H2,1-5H3. The molecule has 1 amide bonds. The maximum Gasteiger partial charge on any atom is 0.411 e. The Hall–Kier alpha value is -1.38. The molecule has 0 bridgehead atoms. The summed E-state index contributed by atoms with van der Waals surface area (Å²) in [6, 6.07) is 0.388. The lowest BCUT2D eigenvalue weighted by Crippen LogP contribution is -2.57. The van der Waals surface area contributed by atoms with E-state index in [0.717, 1.165) is 44.9 Å². The van der Waals surface area contributed by atoms with Gasteiger partial charge >= 0.3 is 12.1 Å². The number of unbranched alkanes of at least 4 members (excludes halogenated alkanes) is 1. The first-order chi connectivity index (χ1) is 16.2. The summed E-state index contributed by atoms with van der Waals surface area (Å²) in [7, 11) is 3.26. The van der Waals surface area contributed by atoms with Crippen LogP contribution in [0.15, 0.2) is 0 Å². The monoisotopic (exact) mass is 480 g/mol. The van der Waals surface area contributed by atoms with Gasteiger partial charge in [-0.1, -0.05) is 19.3 Å². The predicted octanol–water partition coefficient (Wildman–Crippen LogP) is 3.40. The molecule has 34 heavy (non-hydrogen) atoms. The third-order valence-electron chi connectivity index (χ3n) is 8.01. The number of carbonyl (C=O) groups is 2. The highest BCUT2D eigenvalue weighted by Gasteiger charge is 2.39. The van der Waals surface area contributed by atoms with Gasteiger partial charge in [0.15, 0.2) is 6.23 Å². The second-order valence-electron chi connectivity index (χ2n) is 11.5. The molecular weight excluding hydrogens is 432 g/mol. The van der Waals surface area contributed by atoms with Crippen LogP contribution < -0.4 is 0 Å². The third-order valence-corrected chi connectivity index (χ3v) is 8.01. The number of piperidine rings is 1. The van der Waals surface area contributed by atoms with E-state index in [0.29, 0.717) is 19.0 Å². The second kappa shape index (κ2) is 12.5. The molecule has 0 aromatic rings. The molecule has 8 heteroatoms. The van der Waals surface area contributed by atoms with Gasteiger partial charge in [0.2, 0.25) is 0 Å². The van der Waals surface area contributed by atoms with Crippen LogP contribution in [-0.4, -0.2) is 109 Å². The molecule has 3 heterocycles. The lowest BCUT2D eigenvalue weighted by atomic mass is 9.88. The average molecular weight is 481 g/mol. The molecule has 196 valence electrons. The van der Waals surface area contributed by atoms with Crippen molar-refractivity contribution in [3.63, 3.8) is 0 Å². The topological polar surface area (TPSA) is 65.6 Å². The zero-order chi connectivity index (χ0) is 24.7. The smallest absolute Gasteiger partial charge is 0.411 e. The van der Waals surface area contributed by atoms with Crippen LogP contribution in [0, 0.1) is 5.92 Å². The molecule has 3 saturated heterocycles. The Labute approximate surface area is 206 Å². The average Bonchev–Trinajstić information content (AvgIpc) is 3.14. The Bertz CT molecular complexity index is 660. The number of carbonyl (C=O) groups excluding carboxylic acids is 2. The van der Waals surface area contributed by atoms with Crippen LogP contribution in [-0.2, 0) is 14.3 Å². The van der Waals surface area contributed by atoms with E-state index in [9.17, 15) is 9.59 Å². The maximum atomic E-state index is 12.0. The highest BCUT2D eigenvalue weighted by atomic mass is 16.6. The molecule has 2 unspecified atom stereocenters. The van der Waals surface area contributed by atoms with E-state index >= 15 is 0 Å². The van der Waals surface area contributed by atoms with Crippen molar-refractivity contribution in [3.05, 3.63) is 0 Å². The van der Waals surface area contributed by atoms with Gasteiger partial charge in [-0.25, -0.2) is 4.79 Å². The number of piperazine rings is 1. The van der Waals surface area contributed by atoms with E-state index in [1.807, 2.05) is 7.05 Å². The Balaban J connectivity index is 1.45. The molecule has 0 N–H and O–H groups in total. The molecule has 3 rings (SSSR count). The van der Waals surface area contributed by atoms with Crippen LogP contribution in [0.25, 0.3) is 0 Å². The van der Waals surface area contributed by atoms with Crippen LogP contribution in [0.5, 0.6) is 0 Å². The van der Waals surface area contributed by atoms with E-state index in [-0.39, 0.29) is 23.8 Å². The van der Waals surface area contributed by atoms with Gasteiger partial charge in [0.05, 0.1) is 13.7 Å². The summed E-state index contributed by atoms with van der Waals surface area (Å²) in [6.07, 6.45) is 8.54. The van der Waals surface area contributed by atoms with Gasteiger partial charge in [0, 0.05) is 44.7 Å². The fraction of sp³-hybridized carbons (Fsp3) is 0.923. The fourth-order valence-corrected chi connectivity index (χ4v) is 5.75. The Morgan fingerprint density at radius 1 is 1.03 bits per heavy atom. The molecule has 3 fully saturated rings. The van der Waals surface area contributed by atoms with Gasteiger partial charge in [-0.05, 0) is 72.0 Å². The molecule has 0 aliphatic carbocycles. The molecule has 0 aromatic heterocycles. The van der Waals surface area contributed by atoms with Gasteiger partial charge in [-0.3, -0.25) is 14.6 Å².